The fraction of sp³-hybridized carbons (Fsp3) is 0.419. The lowest BCUT2D eigenvalue weighted by Gasteiger charge is -2.46. The molecule has 0 N–H and O–H groups in total. The Kier molecular flexibility index (Phi) is 8.60. The maximum Gasteiger partial charge on any atom is 0.252 e. The van der Waals surface area contributed by atoms with Crippen molar-refractivity contribution in [3.63, 3.8) is 0 Å². The van der Waals surface area contributed by atoms with Crippen LogP contribution in [0.3, 0.4) is 0 Å². The summed E-state index contributed by atoms with van der Waals surface area (Å²) in [5.41, 5.74) is 26.7. The Balaban J connectivity index is 1.28. The Hall–Kier alpha value is -5.02. The van der Waals surface area contributed by atoms with Gasteiger partial charge in [-0.1, -0.05) is 165 Å². The van der Waals surface area contributed by atoms with Gasteiger partial charge in [0.1, 0.15) is 0 Å². The van der Waals surface area contributed by atoms with Gasteiger partial charge in [0.2, 0.25) is 0 Å². The fourth-order valence-electron chi connectivity index (χ4n) is 14.7. The first-order valence-electron chi connectivity index (χ1n) is 24.7. The molecule has 0 atom stereocenters. The molecule has 5 aliphatic rings. The first-order chi connectivity index (χ1) is 30.2. The number of benzene rings is 6. The van der Waals surface area contributed by atoms with Gasteiger partial charge >= 0.3 is 0 Å². The minimum absolute atomic E-state index is 0.0369. The highest BCUT2D eigenvalue weighted by atomic mass is 15.2. The van der Waals surface area contributed by atoms with Crippen LogP contribution in [0.25, 0.3) is 11.1 Å². The summed E-state index contributed by atoms with van der Waals surface area (Å²) in [5, 5.41) is 0. The molecule has 3 aliphatic carbocycles. The van der Waals surface area contributed by atoms with E-state index in [9.17, 15) is 0 Å². The highest BCUT2D eigenvalue weighted by Gasteiger charge is 2.50. The molecule has 0 aromatic heterocycles. The van der Waals surface area contributed by atoms with Crippen LogP contribution in [-0.4, -0.2) is 6.71 Å². The number of rotatable bonds is 3. The summed E-state index contributed by atoms with van der Waals surface area (Å²) in [5.74, 6) is 0. The van der Waals surface area contributed by atoms with E-state index in [0.29, 0.717) is 0 Å². The molecule has 0 fully saturated rings. The summed E-state index contributed by atoms with van der Waals surface area (Å²) < 4.78 is 0. The van der Waals surface area contributed by atoms with Crippen molar-refractivity contribution in [2.45, 2.75) is 168 Å². The lowest BCUT2D eigenvalue weighted by molar-refractivity contribution is 0.402. The Morgan fingerprint density at radius 3 is 1.49 bits per heavy atom. The van der Waals surface area contributed by atoms with Crippen molar-refractivity contribution in [1.29, 1.82) is 0 Å². The van der Waals surface area contributed by atoms with Crippen molar-refractivity contribution in [3.8, 4) is 11.1 Å². The maximum absolute atomic E-state index is 2.72. The lowest BCUT2D eigenvalue weighted by atomic mass is 9.33. The van der Waals surface area contributed by atoms with Crippen LogP contribution in [0.5, 0.6) is 0 Å². The number of hydrogen-bond donors (Lipinski definition) is 0. The van der Waals surface area contributed by atoms with E-state index in [2.05, 4.69) is 224 Å². The molecule has 6 aromatic rings. The summed E-state index contributed by atoms with van der Waals surface area (Å²) in [6.07, 6.45) is 3.42. The molecule has 0 amide bonds. The fourth-order valence-corrected chi connectivity index (χ4v) is 14.7. The third-order valence-corrected chi connectivity index (χ3v) is 17.0. The topological polar surface area (TPSA) is 6.48 Å². The molecule has 0 bridgehead atoms. The molecule has 0 saturated carbocycles. The normalized spacial score (nSPS) is 20.5. The second kappa shape index (κ2) is 13.1. The van der Waals surface area contributed by atoms with E-state index >= 15 is 0 Å². The van der Waals surface area contributed by atoms with E-state index in [1.54, 1.807) is 0 Å². The van der Waals surface area contributed by atoms with Crippen molar-refractivity contribution in [3.05, 3.63) is 148 Å². The predicted octanol–water partition coefficient (Wildman–Crippen LogP) is 14.9. The van der Waals surface area contributed by atoms with Gasteiger partial charge in [-0.2, -0.15) is 0 Å². The molecule has 65 heavy (non-hydrogen) atoms. The first-order valence-corrected chi connectivity index (χ1v) is 24.7. The standard InChI is InChI=1S/C62H71BN2/c1-37-26-43-46(61(13,14)35-58(43,7)8)32-51(37)65-50-25-22-39(38-20-18-17-19-21-38)27-48(50)63-49-31-45-47(62(15,16)36-60(45,11)12)33-52(49)64(53-28-40(56(2,3)4)29-54(65)55(53)63)41-23-24-42-44(30-41)59(9,10)34-57(42,5)6/h17-33H,34-36H2,1-16H3. The van der Waals surface area contributed by atoms with Gasteiger partial charge in [0.05, 0.1) is 0 Å². The SMILES string of the molecule is Cc1cc2c(cc1N1c3ccc(-c4ccccc4)cc3B3c4cc5c(cc4N(c4ccc6c(c4)C(C)(C)CC6(C)C)c4cc(C(C)(C)C)cc1c43)C(C)(C)CC5(C)C)C(C)(C)CC2(C)C. The Labute approximate surface area is 392 Å². The number of hydrogen-bond acceptors (Lipinski definition) is 2. The number of fused-ring (bicyclic) bond motifs is 7. The zero-order valence-electron chi connectivity index (χ0n) is 42.4. The predicted molar refractivity (Wildman–Crippen MR) is 281 cm³/mol. The van der Waals surface area contributed by atoms with Crippen LogP contribution >= 0.6 is 0 Å². The molecular weight excluding hydrogens is 784 g/mol. The zero-order valence-corrected chi connectivity index (χ0v) is 42.4. The van der Waals surface area contributed by atoms with Gasteiger partial charge < -0.3 is 9.80 Å². The summed E-state index contributed by atoms with van der Waals surface area (Å²) in [7, 11) is 0. The van der Waals surface area contributed by atoms with E-state index in [0.717, 1.165) is 19.3 Å². The number of aryl methyl sites for hydroxylation is 1. The summed E-state index contributed by atoms with van der Waals surface area (Å²) >= 11 is 0. The quantitative estimate of drug-likeness (QED) is 0.163. The molecule has 2 heterocycles. The van der Waals surface area contributed by atoms with Crippen molar-refractivity contribution in [2.24, 2.45) is 0 Å². The van der Waals surface area contributed by atoms with Crippen LogP contribution in [0, 0.1) is 6.92 Å². The van der Waals surface area contributed by atoms with Crippen LogP contribution in [0.15, 0.2) is 103 Å². The maximum atomic E-state index is 2.72. The summed E-state index contributed by atoms with van der Waals surface area (Å²) in [6.45, 7) is 39.1. The van der Waals surface area contributed by atoms with Gasteiger partial charge in [-0.25, -0.2) is 0 Å². The molecular formula is C62H71BN2. The summed E-state index contributed by atoms with van der Waals surface area (Å²) in [6, 6.07) is 41.6. The van der Waals surface area contributed by atoms with Crippen molar-refractivity contribution < 1.29 is 0 Å². The smallest absolute Gasteiger partial charge is 0.252 e. The van der Waals surface area contributed by atoms with E-state index in [1.807, 2.05) is 0 Å². The molecule has 0 unspecified atom stereocenters. The lowest BCUT2D eigenvalue weighted by Crippen LogP contribution is -2.61. The van der Waals surface area contributed by atoms with E-state index in [1.165, 1.54) is 106 Å². The van der Waals surface area contributed by atoms with Crippen LogP contribution in [-0.2, 0) is 37.9 Å². The third-order valence-electron chi connectivity index (χ3n) is 17.0. The first kappa shape index (κ1) is 42.6. The zero-order chi connectivity index (χ0) is 46.3. The number of nitrogens with zero attached hydrogens (tertiary/aromatic N) is 2. The average Bonchev–Trinajstić information content (AvgIpc) is 3.61. The minimum Gasteiger partial charge on any atom is -0.311 e. The Morgan fingerprint density at radius 1 is 0.415 bits per heavy atom. The van der Waals surface area contributed by atoms with Gasteiger partial charge in [0, 0.05) is 34.1 Å². The van der Waals surface area contributed by atoms with Crippen LogP contribution in [0.1, 0.15) is 168 Å². The van der Waals surface area contributed by atoms with E-state index < -0.39 is 0 Å². The molecule has 3 heteroatoms. The van der Waals surface area contributed by atoms with Gasteiger partial charge in [-0.15, -0.1) is 0 Å². The van der Waals surface area contributed by atoms with Gasteiger partial charge in [-0.3, -0.25) is 0 Å². The molecule has 0 spiro atoms. The van der Waals surface area contributed by atoms with Crippen molar-refractivity contribution >= 4 is 57.2 Å². The average molecular weight is 855 g/mol. The van der Waals surface area contributed by atoms with Crippen LogP contribution < -0.4 is 26.2 Å². The molecule has 0 radical (unpaired) electrons. The monoisotopic (exact) mass is 855 g/mol. The molecule has 6 aromatic carbocycles. The van der Waals surface area contributed by atoms with E-state index in [-0.39, 0.29) is 44.6 Å². The largest absolute Gasteiger partial charge is 0.311 e. The Morgan fingerprint density at radius 2 is 0.908 bits per heavy atom. The van der Waals surface area contributed by atoms with Gasteiger partial charge in [-0.05, 0) is 179 Å². The molecule has 11 rings (SSSR count). The minimum atomic E-state index is -0.0943. The Bertz CT molecular complexity index is 3020. The van der Waals surface area contributed by atoms with E-state index in [4.69, 9.17) is 0 Å². The van der Waals surface area contributed by atoms with Crippen molar-refractivity contribution in [1.82, 2.24) is 0 Å². The molecule has 2 aliphatic heterocycles. The second-order valence-electron chi connectivity index (χ2n) is 26.1. The number of anilines is 6. The molecule has 332 valence electrons. The highest BCUT2D eigenvalue weighted by Crippen LogP contribution is 2.57. The van der Waals surface area contributed by atoms with Crippen LogP contribution in [0.2, 0.25) is 0 Å². The highest BCUT2D eigenvalue weighted by molar-refractivity contribution is 7.00. The molecule has 2 nitrogen and oxygen atoms in total. The second-order valence-corrected chi connectivity index (χ2v) is 26.1. The third kappa shape index (κ3) is 6.11. The van der Waals surface area contributed by atoms with Gasteiger partial charge in [0.25, 0.3) is 6.71 Å². The molecule has 0 saturated heterocycles. The van der Waals surface area contributed by atoms with Crippen molar-refractivity contribution in [2.75, 3.05) is 9.80 Å². The summed E-state index contributed by atoms with van der Waals surface area (Å²) in [4.78, 5) is 5.41. The van der Waals surface area contributed by atoms with Gasteiger partial charge in [0.15, 0.2) is 0 Å². The van der Waals surface area contributed by atoms with Crippen LogP contribution in [0.4, 0.5) is 34.1 Å².